The fourth-order valence-corrected chi connectivity index (χ4v) is 5.73. The summed E-state index contributed by atoms with van der Waals surface area (Å²) in [4.78, 5) is 0. The van der Waals surface area contributed by atoms with E-state index in [-0.39, 0.29) is 0 Å². The van der Waals surface area contributed by atoms with Crippen molar-refractivity contribution >= 4 is 0 Å². The third-order valence-electron chi connectivity index (χ3n) is 6.79. The van der Waals surface area contributed by atoms with Crippen LogP contribution < -0.4 is 0 Å². The highest BCUT2D eigenvalue weighted by molar-refractivity contribution is 5.35. The predicted octanol–water partition coefficient (Wildman–Crippen LogP) is 4.68. The maximum absolute atomic E-state index is 9.47. The van der Waals surface area contributed by atoms with Crippen LogP contribution in [0.1, 0.15) is 56.1 Å². The number of aryl methyl sites for hydroxylation is 1. The number of rotatable bonds is 0. The molecule has 0 aromatic heterocycles. The van der Waals surface area contributed by atoms with E-state index in [4.69, 9.17) is 0 Å². The summed E-state index contributed by atoms with van der Waals surface area (Å²) in [5.41, 5.74) is 3.53. The summed E-state index contributed by atoms with van der Waals surface area (Å²) >= 11 is 0. The van der Waals surface area contributed by atoms with Crippen LogP contribution in [0.5, 0.6) is 0 Å². The molecule has 4 rings (SSSR count). The van der Waals surface area contributed by atoms with Crippen molar-refractivity contribution < 1.29 is 0 Å². The van der Waals surface area contributed by atoms with E-state index in [2.05, 4.69) is 37.3 Å². The maximum Gasteiger partial charge on any atom is 0.0661 e. The molecule has 0 amide bonds. The summed E-state index contributed by atoms with van der Waals surface area (Å²) in [6, 6.07) is 11.7. The Bertz CT molecular complexity index is 569. The molecule has 1 aromatic rings. The lowest BCUT2D eigenvalue weighted by Gasteiger charge is -2.50. The number of nitrogens with zero attached hydrogens (tertiary/aromatic N) is 1. The third-order valence-corrected chi connectivity index (χ3v) is 6.79. The summed E-state index contributed by atoms with van der Waals surface area (Å²) < 4.78 is 0. The van der Waals surface area contributed by atoms with E-state index in [1.54, 1.807) is 11.1 Å². The summed E-state index contributed by atoms with van der Waals surface area (Å²) in [6.07, 6.45) is 7.58. The van der Waals surface area contributed by atoms with Gasteiger partial charge in [0, 0.05) is 0 Å². The first-order valence-electron chi connectivity index (χ1n) is 8.21. The summed E-state index contributed by atoms with van der Waals surface area (Å²) in [7, 11) is 0. The van der Waals surface area contributed by atoms with E-state index in [0.717, 1.165) is 24.2 Å². The van der Waals surface area contributed by atoms with Gasteiger partial charge in [0.1, 0.15) is 0 Å². The zero-order chi connectivity index (χ0) is 13.7. The first-order chi connectivity index (χ1) is 9.74. The standard InChI is InChI=1S/C19H23N/c1-19-11-10-16-15-5-3-2-4-13(15)6-8-17(16)18(19)9-7-14(19)12-20/h2-5,14,16-18H,6-11H2,1H3. The molecule has 0 spiro atoms. The van der Waals surface area contributed by atoms with E-state index < -0.39 is 0 Å². The van der Waals surface area contributed by atoms with E-state index in [1.165, 1.54) is 32.1 Å². The molecule has 1 aromatic carbocycles. The third kappa shape index (κ3) is 1.54. The molecule has 5 unspecified atom stereocenters. The van der Waals surface area contributed by atoms with Crippen molar-refractivity contribution in [1.29, 1.82) is 5.26 Å². The van der Waals surface area contributed by atoms with Crippen molar-refractivity contribution in [3.8, 4) is 6.07 Å². The van der Waals surface area contributed by atoms with Crippen LogP contribution in [0.25, 0.3) is 0 Å². The maximum atomic E-state index is 9.47. The highest BCUT2D eigenvalue weighted by atomic mass is 14.6. The van der Waals surface area contributed by atoms with Gasteiger partial charge in [-0.15, -0.1) is 0 Å². The van der Waals surface area contributed by atoms with Gasteiger partial charge in [0.15, 0.2) is 0 Å². The largest absolute Gasteiger partial charge is 0.198 e. The van der Waals surface area contributed by atoms with Crippen LogP contribution >= 0.6 is 0 Å². The Morgan fingerprint density at radius 2 is 2.00 bits per heavy atom. The molecule has 0 radical (unpaired) electrons. The SMILES string of the molecule is CC12CCC3c4ccccc4CCC3C1CCC2C#N. The number of hydrogen-bond donors (Lipinski definition) is 0. The van der Waals surface area contributed by atoms with Crippen LogP contribution in [0.15, 0.2) is 24.3 Å². The molecule has 0 heterocycles. The smallest absolute Gasteiger partial charge is 0.0661 e. The highest BCUT2D eigenvalue weighted by Gasteiger charge is 2.54. The average molecular weight is 265 g/mol. The lowest BCUT2D eigenvalue weighted by atomic mass is 9.54. The molecule has 3 aliphatic rings. The average Bonchev–Trinajstić information content (AvgIpc) is 2.83. The number of hydrogen-bond acceptors (Lipinski definition) is 1. The van der Waals surface area contributed by atoms with Gasteiger partial charge in [-0.3, -0.25) is 0 Å². The first-order valence-corrected chi connectivity index (χ1v) is 8.21. The lowest BCUT2D eigenvalue weighted by molar-refractivity contribution is 0.0427. The second-order valence-electron chi connectivity index (χ2n) is 7.42. The molecule has 0 bridgehead atoms. The van der Waals surface area contributed by atoms with Gasteiger partial charge < -0.3 is 0 Å². The van der Waals surface area contributed by atoms with Gasteiger partial charge in [0.25, 0.3) is 0 Å². The Morgan fingerprint density at radius 3 is 2.85 bits per heavy atom. The molecular weight excluding hydrogens is 242 g/mol. The molecule has 5 atom stereocenters. The zero-order valence-electron chi connectivity index (χ0n) is 12.3. The minimum Gasteiger partial charge on any atom is -0.198 e. The Morgan fingerprint density at radius 1 is 1.15 bits per heavy atom. The van der Waals surface area contributed by atoms with Crippen LogP contribution in [0.3, 0.4) is 0 Å². The van der Waals surface area contributed by atoms with Gasteiger partial charge in [0.2, 0.25) is 0 Å². The van der Waals surface area contributed by atoms with Gasteiger partial charge in [-0.25, -0.2) is 0 Å². The van der Waals surface area contributed by atoms with Gasteiger partial charge in [-0.1, -0.05) is 31.2 Å². The topological polar surface area (TPSA) is 23.8 Å². The Balaban J connectivity index is 1.71. The van der Waals surface area contributed by atoms with Crippen LogP contribution in [-0.2, 0) is 6.42 Å². The number of benzene rings is 1. The first kappa shape index (κ1) is 12.5. The van der Waals surface area contributed by atoms with Crippen molar-refractivity contribution in [2.45, 2.75) is 51.4 Å². The molecule has 20 heavy (non-hydrogen) atoms. The fourth-order valence-electron chi connectivity index (χ4n) is 5.73. The van der Waals surface area contributed by atoms with Crippen molar-refractivity contribution in [3.63, 3.8) is 0 Å². The Labute approximate surface area is 122 Å². The van der Waals surface area contributed by atoms with Crippen molar-refractivity contribution in [2.24, 2.45) is 23.2 Å². The highest BCUT2D eigenvalue weighted by Crippen LogP contribution is 2.62. The van der Waals surface area contributed by atoms with Crippen LogP contribution in [0, 0.1) is 34.5 Å². The van der Waals surface area contributed by atoms with Crippen LogP contribution in [0.2, 0.25) is 0 Å². The number of fused-ring (bicyclic) bond motifs is 5. The van der Waals surface area contributed by atoms with Crippen LogP contribution in [0.4, 0.5) is 0 Å². The van der Waals surface area contributed by atoms with Gasteiger partial charge in [-0.05, 0) is 72.8 Å². The second kappa shape index (κ2) is 4.35. The molecule has 1 nitrogen and oxygen atoms in total. The Kier molecular flexibility index (Phi) is 2.71. The molecule has 3 aliphatic carbocycles. The second-order valence-corrected chi connectivity index (χ2v) is 7.42. The van der Waals surface area contributed by atoms with Gasteiger partial charge in [-0.2, -0.15) is 5.26 Å². The monoisotopic (exact) mass is 265 g/mol. The van der Waals surface area contributed by atoms with Crippen molar-refractivity contribution in [1.82, 2.24) is 0 Å². The summed E-state index contributed by atoms with van der Waals surface area (Å²) in [5.74, 6) is 2.71. The van der Waals surface area contributed by atoms with E-state index in [0.29, 0.717) is 11.3 Å². The lowest BCUT2D eigenvalue weighted by Crippen LogP contribution is -2.42. The Hall–Kier alpha value is -1.29. The quantitative estimate of drug-likeness (QED) is 0.668. The summed E-state index contributed by atoms with van der Waals surface area (Å²) in [5, 5.41) is 9.47. The zero-order valence-corrected chi connectivity index (χ0v) is 12.3. The number of nitriles is 1. The van der Waals surface area contributed by atoms with Crippen molar-refractivity contribution in [3.05, 3.63) is 35.4 Å². The molecule has 2 saturated carbocycles. The molecule has 104 valence electrons. The van der Waals surface area contributed by atoms with Gasteiger partial charge in [0.05, 0.1) is 12.0 Å². The molecule has 0 aliphatic heterocycles. The molecular formula is C19H23N. The van der Waals surface area contributed by atoms with Crippen LogP contribution in [-0.4, -0.2) is 0 Å². The van der Waals surface area contributed by atoms with Crippen molar-refractivity contribution in [2.75, 3.05) is 0 Å². The normalized spacial score (nSPS) is 42.2. The molecule has 0 N–H and O–H groups in total. The molecule has 1 heteroatoms. The fraction of sp³-hybridized carbons (Fsp3) is 0.632. The summed E-state index contributed by atoms with van der Waals surface area (Å²) in [6.45, 7) is 2.41. The van der Waals surface area contributed by atoms with Gasteiger partial charge >= 0.3 is 0 Å². The minimum atomic E-state index is 0.308. The molecule has 2 fully saturated rings. The minimum absolute atomic E-state index is 0.308. The van der Waals surface area contributed by atoms with E-state index >= 15 is 0 Å². The predicted molar refractivity (Wildman–Crippen MR) is 80.2 cm³/mol. The van der Waals surface area contributed by atoms with E-state index in [9.17, 15) is 5.26 Å². The van der Waals surface area contributed by atoms with E-state index in [1.807, 2.05) is 0 Å². The molecule has 0 saturated heterocycles.